The topological polar surface area (TPSA) is 202 Å². The first kappa shape index (κ1) is 45.8. The number of rotatable bonds is 10. The lowest BCUT2D eigenvalue weighted by atomic mass is 9.46. The Morgan fingerprint density at radius 3 is 2.38 bits per heavy atom. The van der Waals surface area contributed by atoms with Crippen LogP contribution in [0.15, 0.2) is 72.0 Å². The van der Waals surface area contributed by atoms with Crippen LogP contribution in [-0.4, -0.2) is 130 Å². The molecule has 3 saturated heterocycles. The van der Waals surface area contributed by atoms with Gasteiger partial charge in [0.25, 0.3) is 0 Å². The van der Waals surface area contributed by atoms with Gasteiger partial charge >= 0.3 is 24.0 Å². The fourth-order valence-electron chi connectivity index (χ4n) is 10.8. The van der Waals surface area contributed by atoms with E-state index in [-0.39, 0.29) is 12.2 Å². The molecular formula is C47H58FN3O13. The van der Waals surface area contributed by atoms with E-state index in [1.807, 2.05) is 19.1 Å². The predicted octanol–water partition coefficient (Wildman–Crippen LogP) is 4.48. The molecule has 0 spiro atoms. The smallest absolute Gasteiger partial charge is 0.408 e. The number of hydrogen-bond acceptors (Lipinski definition) is 15. The maximum atomic E-state index is 15.3. The average molecular weight is 892 g/mol. The molecule has 3 aliphatic heterocycles. The average Bonchev–Trinajstić information content (AvgIpc) is 3.62. The molecule has 1 amide bonds. The quantitative estimate of drug-likeness (QED) is 0.171. The minimum absolute atomic E-state index is 0.102. The molecule has 17 heteroatoms. The number of nitrogens with zero attached hydrogens (tertiary/aromatic N) is 2. The van der Waals surface area contributed by atoms with Crippen molar-refractivity contribution >= 4 is 24.0 Å². The van der Waals surface area contributed by atoms with E-state index in [4.69, 9.17) is 33.2 Å². The zero-order valence-corrected chi connectivity index (χ0v) is 37.4. The second-order valence-corrected chi connectivity index (χ2v) is 19.6. The van der Waals surface area contributed by atoms with Gasteiger partial charge in [0.05, 0.1) is 18.1 Å². The first-order chi connectivity index (χ1) is 30.1. The van der Waals surface area contributed by atoms with Crippen LogP contribution >= 0.6 is 0 Å². The second kappa shape index (κ2) is 16.6. The van der Waals surface area contributed by atoms with Crippen molar-refractivity contribution in [2.75, 3.05) is 26.2 Å². The highest BCUT2D eigenvalue weighted by Crippen LogP contribution is 2.65. The maximum absolute atomic E-state index is 15.3. The van der Waals surface area contributed by atoms with Gasteiger partial charge in [-0.3, -0.25) is 14.7 Å². The fraction of sp³-hybridized carbons (Fsp3) is 0.596. The maximum Gasteiger partial charge on any atom is 0.408 e. The molecule has 0 radical (unpaired) electrons. The number of aliphatic hydroxyl groups is 2. The number of amides is 1. The molecule has 346 valence electrons. The summed E-state index contributed by atoms with van der Waals surface area (Å²) in [4.78, 5) is 61.3. The highest BCUT2D eigenvalue weighted by atomic mass is 19.1. The largest absolute Gasteiger partial charge is 0.456 e. The number of benzene rings is 1. The third kappa shape index (κ3) is 7.81. The number of alkyl carbamates (subject to hydrolysis) is 1. The fourth-order valence-corrected chi connectivity index (χ4v) is 10.8. The summed E-state index contributed by atoms with van der Waals surface area (Å²) in [5, 5.41) is 28.0. The first-order valence-electron chi connectivity index (χ1n) is 21.8. The van der Waals surface area contributed by atoms with E-state index in [2.05, 4.69) is 15.2 Å². The van der Waals surface area contributed by atoms with E-state index in [1.54, 1.807) is 71.9 Å². The Morgan fingerprint density at radius 1 is 1.05 bits per heavy atom. The number of ether oxygens (including phenoxy) is 7. The van der Waals surface area contributed by atoms with E-state index in [1.165, 1.54) is 19.2 Å². The standard InChI is InChI=1S/C47H58FN3O13/c1-25-29(59-41(55)35(53)34(33-28(48)16-12-19-49-33)50-42(56)64-43(3,4)5)22-47(57)39(62-40(54)27-14-10-9-11-15-27)37-45(8,18-17-30-46(37,24-58-30)63-26(2)52)38-36(32(25)44(47,6)7)60-31(61-38)23-51-20-13-21-51/h9-12,14-19,29-31,34-39,53,57H,13,20-24H2,1-8H3,(H,50,56)/t29-,30+,31+,34-,35+,36+,37-,38+,39-,45+,46-,47+/m0/s1. The van der Waals surface area contributed by atoms with Crippen LogP contribution in [0.5, 0.6) is 0 Å². The Hall–Kier alpha value is -4.78. The van der Waals surface area contributed by atoms with Crippen LogP contribution in [-0.2, 0) is 42.7 Å². The lowest BCUT2D eigenvalue weighted by molar-refractivity contribution is -0.316. The van der Waals surface area contributed by atoms with Gasteiger partial charge in [-0.25, -0.2) is 18.8 Å². The summed E-state index contributed by atoms with van der Waals surface area (Å²) in [5.74, 6) is -4.67. The number of carbonyl (C=O) groups excluding carboxylic acids is 4. The molecule has 2 aromatic rings. The van der Waals surface area contributed by atoms with Crippen LogP contribution in [0.2, 0.25) is 0 Å². The van der Waals surface area contributed by atoms with Gasteiger partial charge in [-0.1, -0.05) is 51.1 Å². The minimum atomic E-state index is -2.25. The number of esters is 3. The monoisotopic (exact) mass is 891 g/mol. The molecular weight excluding hydrogens is 834 g/mol. The van der Waals surface area contributed by atoms with Gasteiger partial charge in [-0.2, -0.15) is 0 Å². The van der Waals surface area contributed by atoms with Gasteiger partial charge in [-0.05, 0) is 82.6 Å². The van der Waals surface area contributed by atoms with Crippen molar-refractivity contribution in [2.45, 2.75) is 134 Å². The molecule has 3 aliphatic carbocycles. The SMILES string of the molecule is CC(=O)O[C@@]12CO[C@@H]1C=C[C@@]1(C)[C@@H]3O[C@H](CN4CCC4)O[C@@H]3C3=C(C)[C@@H](OC(=O)[C@H](O)[C@@H](NC(=O)OC(C)(C)C)c4ncccc4F)C[C@@](O)([C@@H](OC(=O)c4ccccc4)[C@@H]12)C3(C)C. The van der Waals surface area contributed by atoms with E-state index in [9.17, 15) is 29.4 Å². The van der Waals surface area contributed by atoms with Crippen molar-refractivity contribution < 1.29 is 66.9 Å². The third-order valence-corrected chi connectivity index (χ3v) is 14.0. The zero-order chi connectivity index (χ0) is 46.1. The molecule has 0 unspecified atom stereocenters. The Labute approximate surface area is 371 Å². The van der Waals surface area contributed by atoms with Crippen LogP contribution in [0.1, 0.15) is 90.3 Å². The van der Waals surface area contributed by atoms with Gasteiger partial charge in [0, 0.05) is 36.9 Å². The molecule has 1 saturated carbocycles. The van der Waals surface area contributed by atoms with Gasteiger partial charge in [0.2, 0.25) is 0 Å². The third-order valence-electron chi connectivity index (χ3n) is 14.0. The van der Waals surface area contributed by atoms with Gasteiger partial charge in [0.1, 0.15) is 59.3 Å². The Balaban J connectivity index is 1.27. The summed E-state index contributed by atoms with van der Waals surface area (Å²) in [6, 6.07) is 8.85. The molecule has 64 heavy (non-hydrogen) atoms. The van der Waals surface area contributed by atoms with Crippen molar-refractivity contribution in [3.05, 3.63) is 89.0 Å². The second-order valence-electron chi connectivity index (χ2n) is 19.6. The van der Waals surface area contributed by atoms with E-state index < -0.39 is 124 Å². The molecule has 3 N–H and O–H groups in total. The number of likely N-dealkylation sites (tertiary alicyclic amines) is 1. The molecule has 1 aromatic carbocycles. The van der Waals surface area contributed by atoms with Crippen LogP contribution < -0.4 is 5.32 Å². The Kier molecular flexibility index (Phi) is 11.9. The molecule has 4 heterocycles. The Bertz CT molecular complexity index is 2230. The molecule has 8 rings (SSSR count). The zero-order valence-electron chi connectivity index (χ0n) is 37.4. The lowest BCUT2D eigenvalue weighted by Crippen LogP contribution is -2.78. The summed E-state index contributed by atoms with van der Waals surface area (Å²) < 4.78 is 59.7. The van der Waals surface area contributed by atoms with Crippen molar-refractivity contribution in [2.24, 2.45) is 16.7 Å². The lowest BCUT2D eigenvalue weighted by Gasteiger charge is -2.66. The van der Waals surface area contributed by atoms with E-state index in [0.29, 0.717) is 17.7 Å². The summed E-state index contributed by atoms with van der Waals surface area (Å²) >= 11 is 0. The molecule has 6 aliphatic rings. The van der Waals surface area contributed by atoms with Gasteiger partial charge in [-0.15, -0.1) is 0 Å². The number of nitrogens with one attached hydrogen (secondary N) is 1. The summed E-state index contributed by atoms with van der Waals surface area (Å²) in [5.41, 5.74) is -6.44. The van der Waals surface area contributed by atoms with Crippen LogP contribution in [0.25, 0.3) is 0 Å². The number of aliphatic hydroxyl groups excluding tert-OH is 1. The highest BCUT2D eigenvalue weighted by Gasteiger charge is 2.76. The van der Waals surface area contributed by atoms with Crippen LogP contribution in [0.4, 0.5) is 9.18 Å². The normalized spacial score (nSPS) is 34.8. The number of halogens is 1. The number of aromatic nitrogens is 1. The number of pyridine rings is 1. The van der Waals surface area contributed by atoms with Crippen LogP contribution in [0, 0.1) is 22.6 Å². The van der Waals surface area contributed by atoms with Gasteiger partial charge < -0.3 is 48.7 Å². The Morgan fingerprint density at radius 2 is 1.77 bits per heavy atom. The van der Waals surface area contributed by atoms with Crippen molar-refractivity contribution in [3.63, 3.8) is 0 Å². The number of hydrogen-bond donors (Lipinski definition) is 3. The molecule has 2 bridgehead atoms. The molecule has 4 fully saturated rings. The van der Waals surface area contributed by atoms with E-state index >= 15 is 4.39 Å². The van der Waals surface area contributed by atoms with E-state index in [0.717, 1.165) is 25.6 Å². The molecule has 16 nitrogen and oxygen atoms in total. The summed E-state index contributed by atoms with van der Waals surface area (Å²) in [6.07, 6.45) is -3.90. The number of carbonyl (C=O) groups is 4. The summed E-state index contributed by atoms with van der Waals surface area (Å²) in [7, 11) is 0. The van der Waals surface area contributed by atoms with Gasteiger partial charge in [0.15, 0.2) is 18.0 Å². The predicted molar refractivity (Wildman–Crippen MR) is 223 cm³/mol. The van der Waals surface area contributed by atoms with Crippen LogP contribution in [0.3, 0.4) is 0 Å². The molecule has 1 aromatic heterocycles. The summed E-state index contributed by atoms with van der Waals surface area (Å²) in [6.45, 7) is 15.4. The van der Waals surface area contributed by atoms with Crippen molar-refractivity contribution in [1.82, 2.24) is 15.2 Å². The van der Waals surface area contributed by atoms with Crippen molar-refractivity contribution in [1.29, 1.82) is 0 Å². The highest BCUT2D eigenvalue weighted by molar-refractivity contribution is 5.89. The first-order valence-corrected chi connectivity index (χ1v) is 21.8. The van der Waals surface area contributed by atoms with Crippen molar-refractivity contribution in [3.8, 4) is 0 Å². The number of fused-ring (bicyclic) bond motifs is 8. The minimum Gasteiger partial charge on any atom is -0.456 e. The molecule has 12 atom stereocenters.